The summed E-state index contributed by atoms with van der Waals surface area (Å²) < 4.78 is 16.3. The van der Waals surface area contributed by atoms with Crippen molar-refractivity contribution >= 4 is 69.7 Å². The SMILES string of the molecule is CC(C)(C)NC(=O)Nc1nc2nc(Nc3ccc4c(c3)OC(C(=O)NNC(=O)OC(C)(C)C)O4)ncc2cc1-c1c(Cl)cccc1Cl. The van der Waals surface area contributed by atoms with Crippen LogP contribution in [0.2, 0.25) is 10.0 Å². The Labute approximate surface area is 279 Å². The van der Waals surface area contributed by atoms with Gasteiger partial charge in [-0.05, 0) is 71.9 Å². The highest BCUT2D eigenvalue weighted by molar-refractivity contribution is 6.39. The molecule has 5 rings (SSSR count). The van der Waals surface area contributed by atoms with Gasteiger partial charge in [-0.2, -0.15) is 4.98 Å². The third kappa shape index (κ3) is 8.40. The lowest BCUT2D eigenvalue weighted by atomic mass is 10.0. The van der Waals surface area contributed by atoms with Crippen molar-refractivity contribution in [3.05, 3.63) is 58.7 Å². The molecule has 5 N–H and O–H groups in total. The van der Waals surface area contributed by atoms with Crippen molar-refractivity contribution in [1.29, 1.82) is 0 Å². The quantitative estimate of drug-likeness (QED) is 0.150. The maximum Gasteiger partial charge on any atom is 0.426 e. The minimum absolute atomic E-state index is 0.187. The predicted octanol–water partition coefficient (Wildman–Crippen LogP) is 6.32. The summed E-state index contributed by atoms with van der Waals surface area (Å²) in [5, 5.41) is 10.0. The maximum atomic E-state index is 12.9. The first kappa shape index (κ1) is 33.3. The van der Waals surface area contributed by atoms with Crippen LogP contribution in [-0.4, -0.2) is 50.4 Å². The first-order chi connectivity index (χ1) is 22.0. The zero-order chi connectivity index (χ0) is 34.1. The number of carbonyl (C=O) groups is 3. The van der Waals surface area contributed by atoms with E-state index in [2.05, 4.69) is 41.8 Å². The summed E-state index contributed by atoms with van der Waals surface area (Å²) in [6, 6.07) is 11.2. The van der Waals surface area contributed by atoms with Gasteiger partial charge in [0.15, 0.2) is 17.1 Å². The van der Waals surface area contributed by atoms with Crippen LogP contribution in [0.4, 0.5) is 27.0 Å². The molecule has 4 aromatic rings. The van der Waals surface area contributed by atoms with E-state index in [1.54, 1.807) is 69.4 Å². The molecule has 1 atom stereocenters. The van der Waals surface area contributed by atoms with Crippen molar-refractivity contribution in [3.63, 3.8) is 0 Å². The Morgan fingerprint density at radius 3 is 2.28 bits per heavy atom. The summed E-state index contributed by atoms with van der Waals surface area (Å²) in [4.78, 5) is 50.7. The van der Waals surface area contributed by atoms with Crippen molar-refractivity contribution < 1.29 is 28.6 Å². The van der Waals surface area contributed by atoms with E-state index < -0.39 is 35.5 Å². The number of amides is 4. The van der Waals surface area contributed by atoms with E-state index in [0.29, 0.717) is 38.0 Å². The molecule has 47 heavy (non-hydrogen) atoms. The van der Waals surface area contributed by atoms with Gasteiger partial charge in [0.1, 0.15) is 11.4 Å². The molecule has 2 aromatic carbocycles. The molecule has 0 bridgehead atoms. The zero-order valence-electron chi connectivity index (χ0n) is 26.2. The predicted molar refractivity (Wildman–Crippen MR) is 177 cm³/mol. The Balaban J connectivity index is 1.35. The van der Waals surface area contributed by atoms with E-state index in [-0.39, 0.29) is 23.2 Å². The number of urea groups is 1. The second-order valence-electron chi connectivity index (χ2n) is 12.4. The average Bonchev–Trinajstić information content (AvgIpc) is 3.38. The highest BCUT2D eigenvalue weighted by Gasteiger charge is 2.32. The van der Waals surface area contributed by atoms with Gasteiger partial charge in [-0.1, -0.05) is 29.3 Å². The van der Waals surface area contributed by atoms with Gasteiger partial charge < -0.3 is 24.8 Å². The molecular formula is C31H32Cl2N8O6. The van der Waals surface area contributed by atoms with Crippen LogP contribution in [0.25, 0.3) is 22.2 Å². The average molecular weight is 684 g/mol. The molecule has 1 unspecified atom stereocenters. The van der Waals surface area contributed by atoms with Crippen LogP contribution < -0.4 is 36.3 Å². The minimum Gasteiger partial charge on any atom is -0.443 e. The number of anilines is 3. The number of ether oxygens (including phenoxy) is 3. The van der Waals surface area contributed by atoms with Crippen LogP contribution >= 0.6 is 23.2 Å². The van der Waals surface area contributed by atoms with Crippen molar-refractivity contribution in [2.45, 2.75) is 59.0 Å². The molecule has 14 nitrogen and oxygen atoms in total. The molecule has 0 spiro atoms. The van der Waals surface area contributed by atoms with E-state index in [1.807, 2.05) is 20.8 Å². The molecule has 4 amide bonds. The van der Waals surface area contributed by atoms with Crippen LogP contribution in [0.15, 0.2) is 48.7 Å². The normalized spacial score (nSPS) is 13.9. The smallest absolute Gasteiger partial charge is 0.426 e. The lowest BCUT2D eigenvalue weighted by molar-refractivity contribution is -0.137. The van der Waals surface area contributed by atoms with Gasteiger partial charge in [-0.25, -0.2) is 25.0 Å². The number of rotatable bonds is 5. The molecule has 1 aliphatic heterocycles. The molecule has 0 aliphatic carbocycles. The van der Waals surface area contributed by atoms with Crippen molar-refractivity contribution in [2.24, 2.45) is 0 Å². The van der Waals surface area contributed by atoms with Gasteiger partial charge in [0.25, 0.3) is 0 Å². The van der Waals surface area contributed by atoms with E-state index in [0.717, 1.165) is 0 Å². The number of pyridine rings is 1. The molecule has 246 valence electrons. The monoisotopic (exact) mass is 682 g/mol. The summed E-state index contributed by atoms with van der Waals surface area (Å²) in [5.41, 5.74) is 4.87. The van der Waals surface area contributed by atoms with Crippen molar-refractivity contribution in [3.8, 4) is 22.6 Å². The van der Waals surface area contributed by atoms with Crippen molar-refractivity contribution in [1.82, 2.24) is 31.1 Å². The number of hydrazine groups is 1. The lowest BCUT2D eigenvalue weighted by Gasteiger charge is -2.21. The van der Waals surface area contributed by atoms with Crippen LogP contribution in [0, 0.1) is 0 Å². The Bertz CT molecular complexity index is 1860. The molecule has 0 fully saturated rings. The first-order valence-electron chi connectivity index (χ1n) is 14.3. The van der Waals surface area contributed by atoms with Crippen LogP contribution in [0.1, 0.15) is 41.5 Å². The molecule has 2 aromatic heterocycles. The molecule has 16 heteroatoms. The summed E-state index contributed by atoms with van der Waals surface area (Å²) >= 11 is 13.0. The number of carbonyl (C=O) groups excluding carboxylic acids is 3. The molecular weight excluding hydrogens is 651 g/mol. The number of fused-ring (bicyclic) bond motifs is 2. The fourth-order valence-electron chi connectivity index (χ4n) is 4.29. The topological polar surface area (TPSA) is 178 Å². The van der Waals surface area contributed by atoms with Gasteiger partial charge in [0.2, 0.25) is 5.95 Å². The van der Waals surface area contributed by atoms with Gasteiger partial charge in [0.05, 0.1) is 10.0 Å². The number of nitrogens with zero attached hydrogens (tertiary/aromatic N) is 3. The summed E-state index contributed by atoms with van der Waals surface area (Å²) in [5.74, 6) is 0.206. The highest BCUT2D eigenvalue weighted by Crippen LogP contribution is 2.40. The van der Waals surface area contributed by atoms with Gasteiger partial charge in [-0.15, -0.1) is 0 Å². The number of hydrogen-bond acceptors (Lipinski definition) is 10. The van der Waals surface area contributed by atoms with Gasteiger partial charge >= 0.3 is 24.3 Å². The third-order valence-electron chi connectivity index (χ3n) is 6.09. The van der Waals surface area contributed by atoms with Gasteiger partial charge in [0, 0.05) is 40.0 Å². The Kier molecular flexibility index (Phi) is 9.18. The second kappa shape index (κ2) is 13.0. The molecule has 1 aliphatic rings. The highest BCUT2D eigenvalue weighted by atomic mass is 35.5. The Morgan fingerprint density at radius 1 is 0.894 bits per heavy atom. The number of hydrogen-bond donors (Lipinski definition) is 5. The third-order valence-corrected chi connectivity index (χ3v) is 6.72. The Morgan fingerprint density at radius 2 is 1.60 bits per heavy atom. The van der Waals surface area contributed by atoms with E-state index in [1.165, 1.54) is 0 Å². The lowest BCUT2D eigenvalue weighted by Crippen LogP contribution is -2.50. The number of nitrogens with one attached hydrogen (secondary N) is 5. The molecule has 0 radical (unpaired) electrons. The fraction of sp³-hybridized carbons (Fsp3) is 0.290. The summed E-state index contributed by atoms with van der Waals surface area (Å²) in [6.45, 7) is 10.6. The molecule has 3 heterocycles. The number of halogens is 2. The molecule has 0 saturated heterocycles. The number of aromatic nitrogens is 3. The Hall–Kier alpha value is -5.08. The summed E-state index contributed by atoms with van der Waals surface area (Å²) in [7, 11) is 0. The van der Waals surface area contributed by atoms with Crippen LogP contribution in [-0.2, 0) is 9.53 Å². The largest absolute Gasteiger partial charge is 0.443 e. The van der Waals surface area contributed by atoms with Crippen LogP contribution in [0.3, 0.4) is 0 Å². The minimum atomic E-state index is -1.35. The van der Waals surface area contributed by atoms with E-state index in [4.69, 9.17) is 37.4 Å². The maximum absolute atomic E-state index is 12.9. The standard InChI is InChI=1S/C31H32Cl2N8O6/c1-30(2,3)39-28(43)38-24-17(22-18(32)8-7-9-19(22)33)12-15-14-34-27(37-23(15)36-24)35-16-10-11-20-21(13-16)46-26(45-20)25(42)40-41-29(44)47-31(4,5)6/h7-14,26H,1-6H3,(H,40,42)(H,41,44)(H3,34,35,36,37,38,39,43). The fourth-order valence-corrected chi connectivity index (χ4v) is 4.89. The second-order valence-corrected chi connectivity index (χ2v) is 13.2. The van der Waals surface area contributed by atoms with Gasteiger partial charge in [-0.3, -0.25) is 15.5 Å². The van der Waals surface area contributed by atoms with E-state index >= 15 is 0 Å². The van der Waals surface area contributed by atoms with Crippen molar-refractivity contribution in [2.75, 3.05) is 10.6 Å². The molecule has 0 saturated carbocycles. The van der Waals surface area contributed by atoms with E-state index in [9.17, 15) is 14.4 Å². The number of benzene rings is 2. The summed E-state index contributed by atoms with van der Waals surface area (Å²) in [6.07, 6.45) is -0.619. The first-order valence-corrected chi connectivity index (χ1v) is 15.0. The van der Waals surface area contributed by atoms with Crippen LogP contribution in [0.5, 0.6) is 11.5 Å². The zero-order valence-corrected chi connectivity index (χ0v) is 27.8.